The molecule has 138 valence electrons. The molecule has 1 unspecified atom stereocenters. The maximum atomic E-state index is 10.1. The molecule has 0 aromatic carbocycles. The lowest BCUT2D eigenvalue weighted by molar-refractivity contribution is -0.118. The average Bonchev–Trinajstić information content (AvgIpc) is 2.57. The van der Waals surface area contributed by atoms with Gasteiger partial charge in [0.25, 0.3) is 0 Å². The van der Waals surface area contributed by atoms with Gasteiger partial charge in [0.1, 0.15) is 18.3 Å². The molecule has 0 rings (SSSR count). The Morgan fingerprint density at radius 1 is 0.870 bits per heavy atom. The van der Waals surface area contributed by atoms with Crippen molar-refractivity contribution < 1.29 is 24.4 Å². The fourth-order valence-corrected chi connectivity index (χ4v) is 1.94. The molecule has 0 aromatic heterocycles. The van der Waals surface area contributed by atoms with E-state index in [9.17, 15) is 10.2 Å². The highest BCUT2D eigenvalue weighted by Gasteiger charge is 2.28. The fourth-order valence-electron chi connectivity index (χ4n) is 1.94. The van der Waals surface area contributed by atoms with E-state index in [0.29, 0.717) is 19.8 Å². The standard InChI is InChI=1S/C18H36O5/c1-4-7-11-21-14-10-17(22-12-8-5-2)18(16(20)15-19)23-13-9-6-3/h10,14,16-20H,4-9,11-13,15H2,1-3H3/b14-10+/t16?,17-,18-/m1/s1. The Balaban J connectivity index is 4.68. The number of hydrogen-bond acceptors (Lipinski definition) is 5. The largest absolute Gasteiger partial charge is 0.501 e. The zero-order valence-corrected chi connectivity index (χ0v) is 15.1. The van der Waals surface area contributed by atoms with Crippen LogP contribution in [0.15, 0.2) is 12.3 Å². The molecule has 0 amide bonds. The van der Waals surface area contributed by atoms with Crippen molar-refractivity contribution in [2.24, 2.45) is 0 Å². The predicted octanol–water partition coefficient (Wildman–Crippen LogP) is 3.04. The zero-order valence-electron chi connectivity index (χ0n) is 15.1. The van der Waals surface area contributed by atoms with Crippen LogP contribution in [-0.2, 0) is 14.2 Å². The van der Waals surface area contributed by atoms with E-state index >= 15 is 0 Å². The molecule has 0 saturated carbocycles. The second-order valence-corrected chi connectivity index (χ2v) is 5.68. The van der Waals surface area contributed by atoms with Gasteiger partial charge in [-0.25, -0.2) is 0 Å². The summed E-state index contributed by atoms with van der Waals surface area (Å²) in [5, 5.41) is 19.3. The van der Waals surface area contributed by atoms with E-state index in [0.717, 1.165) is 38.5 Å². The summed E-state index contributed by atoms with van der Waals surface area (Å²) in [4.78, 5) is 0. The van der Waals surface area contributed by atoms with Crippen LogP contribution in [0.2, 0.25) is 0 Å². The van der Waals surface area contributed by atoms with Gasteiger partial charge in [-0.05, 0) is 25.3 Å². The molecule has 23 heavy (non-hydrogen) atoms. The molecule has 0 aliphatic carbocycles. The smallest absolute Gasteiger partial charge is 0.115 e. The first-order valence-electron chi connectivity index (χ1n) is 9.01. The summed E-state index contributed by atoms with van der Waals surface area (Å²) < 4.78 is 17.0. The van der Waals surface area contributed by atoms with Crippen molar-refractivity contribution in [3.05, 3.63) is 12.3 Å². The normalized spacial score (nSPS) is 15.7. The number of hydrogen-bond donors (Lipinski definition) is 2. The molecule has 3 atom stereocenters. The maximum absolute atomic E-state index is 10.1. The van der Waals surface area contributed by atoms with Crippen LogP contribution in [-0.4, -0.2) is 55.0 Å². The first kappa shape index (κ1) is 22.4. The third kappa shape index (κ3) is 11.5. The van der Waals surface area contributed by atoms with Crippen LogP contribution in [0.25, 0.3) is 0 Å². The van der Waals surface area contributed by atoms with E-state index in [2.05, 4.69) is 20.8 Å². The highest BCUT2D eigenvalue weighted by Crippen LogP contribution is 2.13. The third-order valence-corrected chi connectivity index (χ3v) is 3.49. The van der Waals surface area contributed by atoms with Crippen LogP contribution in [0, 0.1) is 0 Å². The number of aliphatic hydroxyl groups excluding tert-OH is 2. The first-order chi connectivity index (χ1) is 11.2. The van der Waals surface area contributed by atoms with E-state index in [1.54, 1.807) is 12.3 Å². The molecule has 0 fully saturated rings. The van der Waals surface area contributed by atoms with Gasteiger partial charge in [0, 0.05) is 13.2 Å². The van der Waals surface area contributed by atoms with Crippen molar-refractivity contribution >= 4 is 0 Å². The van der Waals surface area contributed by atoms with Gasteiger partial charge in [0.2, 0.25) is 0 Å². The topological polar surface area (TPSA) is 68.2 Å². The van der Waals surface area contributed by atoms with Gasteiger partial charge < -0.3 is 24.4 Å². The van der Waals surface area contributed by atoms with E-state index in [1.807, 2.05) is 0 Å². The molecule has 5 nitrogen and oxygen atoms in total. The van der Waals surface area contributed by atoms with Gasteiger partial charge in [-0.3, -0.25) is 0 Å². The lowest BCUT2D eigenvalue weighted by Crippen LogP contribution is -2.42. The highest BCUT2D eigenvalue weighted by atomic mass is 16.5. The Kier molecular flexibility index (Phi) is 15.8. The molecule has 0 aliphatic rings. The van der Waals surface area contributed by atoms with Crippen molar-refractivity contribution in [1.29, 1.82) is 0 Å². The Bertz CT molecular complexity index is 270. The van der Waals surface area contributed by atoms with Gasteiger partial charge in [-0.1, -0.05) is 40.0 Å². The van der Waals surface area contributed by atoms with Crippen LogP contribution < -0.4 is 0 Å². The molecule has 0 bridgehead atoms. The molecular weight excluding hydrogens is 296 g/mol. The summed E-state index contributed by atoms with van der Waals surface area (Å²) in [6, 6.07) is 0. The lowest BCUT2D eigenvalue weighted by atomic mass is 10.1. The summed E-state index contributed by atoms with van der Waals surface area (Å²) >= 11 is 0. The summed E-state index contributed by atoms with van der Waals surface area (Å²) in [6.45, 7) is 7.73. The molecule has 0 radical (unpaired) electrons. The minimum Gasteiger partial charge on any atom is -0.501 e. The van der Waals surface area contributed by atoms with Crippen molar-refractivity contribution in [2.45, 2.75) is 77.6 Å². The molecule has 0 aromatic rings. The Morgan fingerprint density at radius 3 is 2.00 bits per heavy atom. The molecular formula is C18H36O5. The number of ether oxygens (including phenoxy) is 3. The van der Waals surface area contributed by atoms with Crippen molar-refractivity contribution in [1.82, 2.24) is 0 Å². The Morgan fingerprint density at radius 2 is 1.43 bits per heavy atom. The molecule has 0 heterocycles. The minimum atomic E-state index is -0.973. The highest BCUT2D eigenvalue weighted by molar-refractivity contribution is 4.93. The zero-order chi connectivity index (χ0) is 17.3. The monoisotopic (exact) mass is 332 g/mol. The van der Waals surface area contributed by atoms with Crippen molar-refractivity contribution in [3.63, 3.8) is 0 Å². The van der Waals surface area contributed by atoms with Gasteiger partial charge in [-0.2, -0.15) is 0 Å². The minimum absolute atomic E-state index is 0.352. The van der Waals surface area contributed by atoms with Crippen molar-refractivity contribution in [2.75, 3.05) is 26.4 Å². The Hall–Kier alpha value is -0.620. The van der Waals surface area contributed by atoms with Gasteiger partial charge in [0.05, 0.1) is 19.5 Å². The van der Waals surface area contributed by atoms with Gasteiger partial charge in [0.15, 0.2) is 0 Å². The number of aliphatic hydroxyl groups is 2. The first-order valence-corrected chi connectivity index (χ1v) is 9.01. The second kappa shape index (κ2) is 16.2. The summed E-state index contributed by atoms with van der Waals surface area (Å²) in [7, 11) is 0. The van der Waals surface area contributed by atoms with Gasteiger partial charge >= 0.3 is 0 Å². The predicted molar refractivity (Wildman–Crippen MR) is 92.4 cm³/mol. The van der Waals surface area contributed by atoms with Gasteiger partial charge in [-0.15, -0.1) is 0 Å². The van der Waals surface area contributed by atoms with Crippen LogP contribution in [0.4, 0.5) is 0 Å². The quantitative estimate of drug-likeness (QED) is 0.336. The van der Waals surface area contributed by atoms with Crippen LogP contribution in [0.1, 0.15) is 59.3 Å². The van der Waals surface area contributed by atoms with Crippen molar-refractivity contribution in [3.8, 4) is 0 Å². The molecule has 0 aliphatic heterocycles. The van der Waals surface area contributed by atoms with E-state index in [1.165, 1.54) is 0 Å². The average molecular weight is 332 g/mol. The number of rotatable bonds is 16. The summed E-state index contributed by atoms with van der Waals surface area (Å²) in [5.74, 6) is 0. The molecule has 0 spiro atoms. The van der Waals surface area contributed by atoms with E-state index in [-0.39, 0.29) is 6.61 Å². The number of unbranched alkanes of at least 4 members (excludes halogenated alkanes) is 3. The second-order valence-electron chi connectivity index (χ2n) is 5.68. The van der Waals surface area contributed by atoms with Crippen LogP contribution >= 0.6 is 0 Å². The van der Waals surface area contributed by atoms with Crippen LogP contribution in [0.3, 0.4) is 0 Å². The third-order valence-electron chi connectivity index (χ3n) is 3.49. The maximum Gasteiger partial charge on any atom is 0.115 e. The molecule has 5 heteroatoms. The van der Waals surface area contributed by atoms with E-state index in [4.69, 9.17) is 14.2 Å². The molecule has 0 saturated heterocycles. The van der Waals surface area contributed by atoms with Crippen LogP contribution in [0.5, 0.6) is 0 Å². The fraction of sp³-hybridized carbons (Fsp3) is 0.889. The summed E-state index contributed by atoms with van der Waals surface area (Å²) in [6.07, 6.45) is 7.39. The SMILES string of the molecule is CCCCO/C=C/[C@@H](OCCCC)[C@H](OCCCC)C(O)CO. The summed E-state index contributed by atoms with van der Waals surface area (Å²) in [5.41, 5.74) is 0. The lowest BCUT2D eigenvalue weighted by Gasteiger charge is -2.28. The molecule has 2 N–H and O–H groups in total. The Labute approximate surface area is 141 Å². The van der Waals surface area contributed by atoms with E-state index < -0.39 is 18.3 Å².